The Hall–Kier alpha value is -0.770. The standard InChI is InChI=1S/C8H13NO3S/c1-2-5-12-6-7(8(11)13)9-3-4-10/h3,7,9H,2,5-6H2,1H3,(H,11,13)/t7-/m0/s1. The third-order valence-corrected chi connectivity index (χ3v) is 1.59. The average molecular weight is 203 g/mol. The molecule has 74 valence electrons. The first-order valence-corrected chi connectivity index (χ1v) is 4.43. The first kappa shape index (κ1) is 12.2. The largest absolute Gasteiger partial charge is 0.379 e. The van der Waals surface area contributed by atoms with Crippen LogP contribution in [-0.4, -0.2) is 30.3 Å². The summed E-state index contributed by atoms with van der Waals surface area (Å²) in [6.07, 6.45) is 1.92. The predicted octanol–water partition coefficient (Wildman–Crippen LogP) is 0.173. The molecular weight excluding hydrogens is 190 g/mol. The molecule has 0 aliphatic rings. The van der Waals surface area contributed by atoms with E-state index in [2.05, 4.69) is 17.9 Å². The second-order valence-corrected chi connectivity index (χ2v) is 2.84. The van der Waals surface area contributed by atoms with Gasteiger partial charge < -0.3 is 10.1 Å². The van der Waals surface area contributed by atoms with Crippen molar-refractivity contribution in [1.29, 1.82) is 0 Å². The van der Waals surface area contributed by atoms with Gasteiger partial charge in [0.05, 0.1) is 12.8 Å². The van der Waals surface area contributed by atoms with Crippen LogP contribution in [0.15, 0.2) is 6.20 Å². The van der Waals surface area contributed by atoms with Gasteiger partial charge in [-0.3, -0.25) is 4.79 Å². The van der Waals surface area contributed by atoms with Gasteiger partial charge in [-0.2, -0.15) is 0 Å². The minimum Gasteiger partial charge on any atom is -0.379 e. The van der Waals surface area contributed by atoms with Crippen LogP contribution in [0.1, 0.15) is 13.3 Å². The van der Waals surface area contributed by atoms with E-state index in [-0.39, 0.29) is 11.7 Å². The predicted molar refractivity (Wildman–Crippen MR) is 52.3 cm³/mol. The van der Waals surface area contributed by atoms with E-state index in [4.69, 9.17) is 4.74 Å². The van der Waals surface area contributed by atoms with Crippen LogP contribution >= 0.6 is 12.6 Å². The molecule has 0 spiro atoms. The number of hydrogen-bond acceptors (Lipinski definition) is 4. The molecule has 0 radical (unpaired) electrons. The monoisotopic (exact) mass is 203 g/mol. The van der Waals surface area contributed by atoms with Crippen LogP contribution in [0.3, 0.4) is 0 Å². The van der Waals surface area contributed by atoms with Gasteiger partial charge in [-0.1, -0.05) is 6.92 Å². The van der Waals surface area contributed by atoms with Crippen molar-refractivity contribution in [3.05, 3.63) is 6.20 Å². The molecule has 0 heterocycles. The van der Waals surface area contributed by atoms with Gasteiger partial charge in [0.1, 0.15) is 12.0 Å². The van der Waals surface area contributed by atoms with Gasteiger partial charge in [-0.25, -0.2) is 4.79 Å². The number of rotatable bonds is 7. The van der Waals surface area contributed by atoms with Crippen molar-refractivity contribution in [3.8, 4) is 0 Å². The van der Waals surface area contributed by atoms with Crippen LogP contribution in [0, 0.1) is 0 Å². The second-order valence-electron chi connectivity index (χ2n) is 2.39. The molecule has 1 N–H and O–H groups in total. The number of hydrogen-bond donors (Lipinski definition) is 2. The zero-order chi connectivity index (χ0) is 10.1. The Morgan fingerprint density at radius 2 is 2.46 bits per heavy atom. The maximum absolute atomic E-state index is 10.8. The molecule has 0 saturated heterocycles. The van der Waals surface area contributed by atoms with E-state index < -0.39 is 6.04 Å². The van der Waals surface area contributed by atoms with Crippen LogP contribution in [0.5, 0.6) is 0 Å². The summed E-state index contributed by atoms with van der Waals surface area (Å²) >= 11 is 3.64. The van der Waals surface area contributed by atoms with E-state index in [1.165, 1.54) is 5.94 Å². The van der Waals surface area contributed by atoms with Crippen LogP contribution < -0.4 is 5.32 Å². The highest BCUT2D eigenvalue weighted by molar-refractivity contribution is 7.96. The summed E-state index contributed by atoms with van der Waals surface area (Å²) in [6.45, 7) is 2.77. The molecule has 5 heteroatoms. The SMILES string of the molecule is CCCOC[C@H](NC=C=O)C(=O)S. The number of carbonyl (C=O) groups excluding carboxylic acids is 2. The van der Waals surface area contributed by atoms with Crippen molar-refractivity contribution in [2.75, 3.05) is 13.2 Å². The average Bonchev–Trinajstić information content (AvgIpc) is 2.10. The van der Waals surface area contributed by atoms with Gasteiger partial charge in [0, 0.05) is 6.61 Å². The van der Waals surface area contributed by atoms with Crippen molar-refractivity contribution >= 4 is 23.7 Å². The molecular formula is C8H13NO3S. The van der Waals surface area contributed by atoms with Gasteiger partial charge in [0.25, 0.3) is 0 Å². The molecule has 0 saturated carbocycles. The van der Waals surface area contributed by atoms with Crippen LogP contribution in [0.4, 0.5) is 0 Å². The fourth-order valence-corrected chi connectivity index (χ4v) is 0.820. The van der Waals surface area contributed by atoms with Crippen molar-refractivity contribution in [2.24, 2.45) is 0 Å². The minimum absolute atomic E-state index is 0.217. The molecule has 0 aliphatic carbocycles. The normalized spacial score (nSPS) is 11.5. The molecule has 1 atom stereocenters. The van der Waals surface area contributed by atoms with Crippen molar-refractivity contribution in [3.63, 3.8) is 0 Å². The highest BCUT2D eigenvalue weighted by Crippen LogP contribution is 1.93. The second kappa shape index (κ2) is 7.86. The van der Waals surface area contributed by atoms with Crippen molar-refractivity contribution < 1.29 is 14.3 Å². The minimum atomic E-state index is -0.573. The van der Waals surface area contributed by atoms with E-state index in [9.17, 15) is 9.59 Å². The van der Waals surface area contributed by atoms with Gasteiger partial charge in [0.15, 0.2) is 0 Å². The van der Waals surface area contributed by atoms with Crippen LogP contribution in [0.2, 0.25) is 0 Å². The van der Waals surface area contributed by atoms with E-state index in [0.29, 0.717) is 6.61 Å². The maximum atomic E-state index is 10.8. The lowest BCUT2D eigenvalue weighted by Gasteiger charge is -2.12. The molecule has 0 aromatic rings. The lowest BCUT2D eigenvalue weighted by Crippen LogP contribution is -2.35. The van der Waals surface area contributed by atoms with Crippen molar-refractivity contribution in [2.45, 2.75) is 19.4 Å². The summed E-state index contributed by atoms with van der Waals surface area (Å²) in [5, 5.41) is 2.17. The Balaban J connectivity index is 3.80. The van der Waals surface area contributed by atoms with Gasteiger partial charge in [-0.05, 0) is 6.42 Å². The first-order chi connectivity index (χ1) is 6.22. The molecule has 0 aromatic carbocycles. The smallest absolute Gasteiger partial charge is 0.210 e. The Bertz CT molecular complexity index is 202. The molecule has 0 rings (SSSR count). The molecule has 0 unspecified atom stereocenters. The van der Waals surface area contributed by atoms with Crippen LogP contribution in [-0.2, 0) is 14.3 Å². The highest BCUT2D eigenvalue weighted by Gasteiger charge is 2.12. The number of ether oxygens (including phenoxy) is 1. The fraction of sp³-hybridized carbons (Fsp3) is 0.625. The van der Waals surface area contributed by atoms with Crippen molar-refractivity contribution in [1.82, 2.24) is 5.32 Å². The number of carbonyl (C=O) groups is 1. The Kier molecular flexibility index (Phi) is 7.39. The molecule has 0 aliphatic heterocycles. The summed E-state index contributed by atoms with van der Waals surface area (Å²) in [5.74, 6) is 1.52. The van der Waals surface area contributed by atoms with E-state index in [0.717, 1.165) is 12.6 Å². The lowest BCUT2D eigenvalue weighted by molar-refractivity contribution is -0.113. The maximum Gasteiger partial charge on any atom is 0.210 e. The highest BCUT2D eigenvalue weighted by atomic mass is 32.1. The van der Waals surface area contributed by atoms with Gasteiger partial charge in [-0.15, -0.1) is 12.6 Å². The summed E-state index contributed by atoms with van der Waals surface area (Å²) < 4.78 is 5.12. The van der Waals surface area contributed by atoms with E-state index in [1.54, 1.807) is 0 Å². The quantitative estimate of drug-likeness (QED) is 0.352. The summed E-state index contributed by atoms with van der Waals surface area (Å²) in [6, 6.07) is -0.573. The summed E-state index contributed by atoms with van der Waals surface area (Å²) in [5.41, 5.74) is 0. The van der Waals surface area contributed by atoms with E-state index in [1.807, 2.05) is 6.92 Å². The Morgan fingerprint density at radius 3 is 2.92 bits per heavy atom. The molecule has 0 amide bonds. The zero-order valence-corrected chi connectivity index (χ0v) is 8.34. The first-order valence-electron chi connectivity index (χ1n) is 3.98. The van der Waals surface area contributed by atoms with Gasteiger partial charge >= 0.3 is 0 Å². The number of thiol groups is 1. The van der Waals surface area contributed by atoms with Gasteiger partial charge in [0.2, 0.25) is 5.12 Å². The Morgan fingerprint density at radius 1 is 1.77 bits per heavy atom. The third-order valence-electron chi connectivity index (χ3n) is 1.27. The van der Waals surface area contributed by atoms with Crippen LogP contribution in [0.25, 0.3) is 0 Å². The third kappa shape index (κ3) is 6.40. The topological polar surface area (TPSA) is 55.4 Å². The lowest BCUT2D eigenvalue weighted by atomic mass is 10.3. The molecule has 4 nitrogen and oxygen atoms in total. The molecule has 13 heavy (non-hydrogen) atoms. The molecule has 0 bridgehead atoms. The molecule has 0 fully saturated rings. The fourth-order valence-electron chi connectivity index (χ4n) is 0.671. The molecule has 0 aromatic heterocycles. The zero-order valence-electron chi connectivity index (χ0n) is 7.45. The van der Waals surface area contributed by atoms with E-state index >= 15 is 0 Å². The summed E-state index contributed by atoms with van der Waals surface area (Å²) in [7, 11) is 0. The Labute approximate surface area is 82.7 Å². The summed E-state index contributed by atoms with van der Waals surface area (Å²) in [4.78, 5) is 20.7. The number of nitrogens with one attached hydrogen (secondary N) is 1.